The lowest BCUT2D eigenvalue weighted by Crippen LogP contribution is -1.87. The standard InChI is InChI=1S/C13H10F2/c1-9-12(3-2-4-13(9)15)10-5-7-11(14)8-6-10/h2-8H,1H3. The van der Waals surface area contributed by atoms with Gasteiger partial charge >= 0.3 is 0 Å². The monoisotopic (exact) mass is 204 g/mol. The lowest BCUT2D eigenvalue weighted by Gasteiger charge is -2.06. The highest BCUT2D eigenvalue weighted by atomic mass is 19.1. The van der Waals surface area contributed by atoms with Crippen LogP contribution in [0.15, 0.2) is 42.5 Å². The van der Waals surface area contributed by atoms with Gasteiger partial charge in [-0.15, -0.1) is 0 Å². The molecule has 0 aliphatic rings. The van der Waals surface area contributed by atoms with E-state index in [4.69, 9.17) is 0 Å². The van der Waals surface area contributed by atoms with E-state index in [1.165, 1.54) is 18.2 Å². The molecule has 0 atom stereocenters. The fourth-order valence-electron chi connectivity index (χ4n) is 1.55. The van der Waals surface area contributed by atoms with E-state index in [2.05, 4.69) is 0 Å². The molecular weight excluding hydrogens is 194 g/mol. The lowest BCUT2D eigenvalue weighted by atomic mass is 10.0. The Morgan fingerprint density at radius 2 is 1.53 bits per heavy atom. The fraction of sp³-hybridized carbons (Fsp3) is 0.0769. The Morgan fingerprint density at radius 3 is 2.20 bits per heavy atom. The first-order valence-electron chi connectivity index (χ1n) is 4.69. The smallest absolute Gasteiger partial charge is 0.126 e. The molecule has 0 N–H and O–H groups in total. The van der Waals surface area contributed by atoms with Crippen molar-refractivity contribution in [2.24, 2.45) is 0 Å². The highest BCUT2D eigenvalue weighted by Crippen LogP contribution is 2.24. The average molecular weight is 204 g/mol. The van der Waals surface area contributed by atoms with Gasteiger partial charge < -0.3 is 0 Å². The molecule has 0 unspecified atom stereocenters. The van der Waals surface area contributed by atoms with Crippen LogP contribution in [0.25, 0.3) is 11.1 Å². The van der Waals surface area contributed by atoms with Crippen LogP contribution in [0.2, 0.25) is 0 Å². The molecule has 0 bridgehead atoms. The summed E-state index contributed by atoms with van der Waals surface area (Å²) < 4.78 is 26.0. The average Bonchev–Trinajstić information content (AvgIpc) is 2.24. The van der Waals surface area contributed by atoms with E-state index in [1.807, 2.05) is 6.07 Å². The van der Waals surface area contributed by atoms with E-state index in [1.54, 1.807) is 25.1 Å². The van der Waals surface area contributed by atoms with E-state index in [0.717, 1.165) is 11.1 Å². The highest BCUT2D eigenvalue weighted by Gasteiger charge is 2.05. The number of halogens is 2. The van der Waals surface area contributed by atoms with Crippen molar-refractivity contribution in [2.45, 2.75) is 6.92 Å². The van der Waals surface area contributed by atoms with Crippen molar-refractivity contribution in [1.29, 1.82) is 0 Å². The maximum Gasteiger partial charge on any atom is 0.126 e. The second-order valence-electron chi connectivity index (χ2n) is 3.42. The summed E-state index contributed by atoms with van der Waals surface area (Å²) in [5, 5.41) is 0. The number of hydrogen-bond acceptors (Lipinski definition) is 0. The second kappa shape index (κ2) is 3.81. The Labute approximate surface area is 87.2 Å². The molecule has 0 aliphatic carbocycles. The summed E-state index contributed by atoms with van der Waals surface area (Å²) in [6.45, 7) is 1.72. The molecule has 2 heteroatoms. The van der Waals surface area contributed by atoms with Crippen LogP contribution in [0, 0.1) is 18.6 Å². The molecule has 0 saturated heterocycles. The van der Waals surface area contributed by atoms with Gasteiger partial charge in [0.1, 0.15) is 11.6 Å². The second-order valence-corrected chi connectivity index (χ2v) is 3.42. The van der Waals surface area contributed by atoms with E-state index in [9.17, 15) is 8.78 Å². The largest absolute Gasteiger partial charge is 0.207 e. The van der Waals surface area contributed by atoms with Crippen LogP contribution in [0.4, 0.5) is 8.78 Å². The van der Waals surface area contributed by atoms with Crippen molar-refractivity contribution >= 4 is 0 Å². The Bertz CT molecular complexity index is 472. The predicted molar refractivity (Wildman–Crippen MR) is 56.5 cm³/mol. The molecule has 0 saturated carbocycles. The Morgan fingerprint density at radius 1 is 0.867 bits per heavy atom. The van der Waals surface area contributed by atoms with E-state index < -0.39 is 0 Å². The zero-order valence-corrected chi connectivity index (χ0v) is 8.30. The quantitative estimate of drug-likeness (QED) is 0.660. The Balaban J connectivity index is 2.54. The zero-order chi connectivity index (χ0) is 10.8. The molecule has 0 aromatic heterocycles. The predicted octanol–water partition coefficient (Wildman–Crippen LogP) is 3.94. The maximum absolute atomic E-state index is 13.3. The third-order valence-corrected chi connectivity index (χ3v) is 2.42. The van der Waals surface area contributed by atoms with Gasteiger partial charge in [-0.05, 0) is 41.8 Å². The van der Waals surface area contributed by atoms with Gasteiger partial charge in [-0.25, -0.2) is 8.78 Å². The first-order chi connectivity index (χ1) is 7.18. The normalized spacial score (nSPS) is 10.3. The van der Waals surface area contributed by atoms with Crippen LogP contribution in [-0.4, -0.2) is 0 Å². The number of hydrogen-bond donors (Lipinski definition) is 0. The molecule has 2 rings (SSSR count). The van der Waals surface area contributed by atoms with Crippen LogP contribution in [0.5, 0.6) is 0 Å². The summed E-state index contributed by atoms with van der Waals surface area (Å²) in [4.78, 5) is 0. The van der Waals surface area contributed by atoms with Crippen LogP contribution < -0.4 is 0 Å². The molecule has 0 fully saturated rings. The molecule has 15 heavy (non-hydrogen) atoms. The topological polar surface area (TPSA) is 0 Å². The fourth-order valence-corrected chi connectivity index (χ4v) is 1.55. The molecule has 0 aliphatic heterocycles. The SMILES string of the molecule is Cc1c(F)cccc1-c1ccc(F)cc1. The molecular formula is C13H10F2. The molecule has 2 aromatic rings. The third kappa shape index (κ3) is 1.89. The summed E-state index contributed by atoms with van der Waals surface area (Å²) in [6, 6.07) is 10.9. The highest BCUT2D eigenvalue weighted by molar-refractivity contribution is 5.67. The summed E-state index contributed by atoms with van der Waals surface area (Å²) in [6.07, 6.45) is 0. The minimum Gasteiger partial charge on any atom is -0.207 e. The van der Waals surface area contributed by atoms with Gasteiger partial charge in [0, 0.05) is 0 Å². The van der Waals surface area contributed by atoms with Gasteiger partial charge in [0.2, 0.25) is 0 Å². The number of benzene rings is 2. The van der Waals surface area contributed by atoms with Gasteiger partial charge in [-0.3, -0.25) is 0 Å². The van der Waals surface area contributed by atoms with Crippen LogP contribution in [-0.2, 0) is 0 Å². The van der Waals surface area contributed by atoms with Crippen molar-refractivity contribution < 1.29 is 8.78 Å². The Kier molecular flexibility index (Phi) is 2.50. The minimum absolute atomic E-state index is 0.239. The molecule has 0 spiro atoms. The summed E-state index contributed by atoms with van der Waals surface area (Å²) in [5.41, 5.74) is 2.22. The van der Waals surface area contributed by atoms with Crippen LogP contribution >= 0.6 is 0 Å². The van der Waals surface area contributed by atoms with Crippen molar-refractivity contribution in [1.82, 2.24) is 0 Å². The molecule has 2 aromatic carbocycles. The molecule has 0 amide bonds. The third-order valence-electron chi connectivity index (χ3n) is 2.42. The minimum atomic E-state index is -0.284. The maximum atomic E-state index is 13.3. The van der Waals surface area contributed by atoms with Crippen molar-refractivity contribution in [2.75, 3.05) is 0 Å². The van der Waals surface area contributed by atoms with Crippen molar-refractivity contribution in [3.8, 4) is 11.1 Å². The number of rotatable bonds is 1. The van der Waals surface area contributed by atoms with Gasteiger partial charge in [-0.2, -0.15) is 0 Å². The van der Waals surface area contributed by atoms with Crippen LogP contribution in [0.1, 0.15) is 5.56 Å². The van der Waals surface area contributed by atoms with E-state index in [0.29, 0.717) is 5.56 Å². The van der Waals surface area contributed by atoms with Gasteiger partial charge in [0.15, 0.2) is 0 Å². The first kappa shape index (κ1) is 9.84. The van der Waals surface area contributed by atoms with Gasteiger partial charge in [0.25, 0.3) is 0 Å². The first-order valence-corrected chi connectivity index (χ1v) is 4.69. The summed E-state index contributed by atoms with van der Waals surface area (Å²) in [5.74, 6) is -0.523. The molecule has 76 valence electrons. The molecule has 0 nitrogen and oxygen atoms in total. The summed E-state index contributed by atoms with van der Waals surface area (Å²) in [7, 11) is 0. The van der Waals surface area contributed by atoms with E-state index >= 15 is 0 Å². The van der Waals surface area contributed by atoms with Gasteiger partial charge in [-0.1, -0.05) is 24.3 Å². The van der Waals surface area contributed by atoms with Crippen LogP contribution in [0.3, 0.4) is 0 Å². The van der Waals surface area contributed by atoms with Crippen molar-refractivity contribution in [3.05, 3.63) is 59.7 Å². The summed E-state index contributed by atoms with van der Waals surface area (Å²) >= 11 is 0. The lowest BCUT2D eigenvalue weighted by molar-refractivity contribution is 0.619. The molecule has 0 radical (unpaired) electrons. The Hall–Kier alpha value is -1.70. The van der Waals surface area contributed by atoms with E-state index in [-0.39, 0.29) is 11.6 Å². The zero-order valence-electron chi connectivity index (χ0n) is 8.30. The van der Waals surface area contributed by atoms with Crippen molar-refractivity contribution in [3.63, 3.8) is 0 Å². The molecule has 0 heterocycles. The van der Waals surface area contributed by atoms with Gasteiger partial charge in [0.05, 0.1) is 0 Å².